The number of nitrogens with one attached hydrogen (secondary N) is 2. The highest BCUT2D eigenvalue weighted by molar-refractivity contribution is 6.07. The molecule has 2 heterocycles. The van der Waals surface area contributed by atoms with Gasteiger partial charge in [0, 0.05) is 18.1 Å². The van der Waals surface area contributed by atoms with Crippen molar-refractivity contribution in [3.05, 3.63) is 90.3 Å². The second kappa shape index (κ2) is 8.43. The molecule has 4 aromatic rings. The van der Waals surface area contributed by atoms with Gasteiger partial charge in [0.25, 0.3) is 5.91 Å². The number of anilines is 2. The van der Waals surface area contributed by atoms with E-state index in [4.69, 9.17) is 0 Å². The number of nitrogens with zero attached hydrogens (tertiary/aromatic N) is 3. The molecule has 0 aliphatic rings. The Balaban J connectivity index is 1.38. The first-order valence-electron chi connectivity index (χ1n) is 9.15. The third kappa shape index (κ3) is 4.35. The molecule has 0 saturated carbocycles. The first-order valence-corrected chi connectivity index (χ1v) is 9.15. The van der Waals surface area contributed by atoms with E-state index in [-0.39, 0.29) is 17.4 Å². The van der Waals surface area contributed by atoms with E-state index in [0.717, 1.165) is 5.39 Å². The highest BCUT2D eigenvalue weighted by Gasteiger charge is 2.11. The fourth-order valence-electron chi connectivity index (χ4n) is 2.95. The zero-order valence-corrected chi connectivity index (χ0v) is 15.5. The lowest BCUT2D eigenvalue weighted by atomic mass is 10.1. The van der Waals surface area contributed by atoms with E-state index in [0.29, 0.717) is 35.6 Å². The summed E-state index contributed by atoms with van der Waals surface area (Å²) in [6.07, 6.45) is 5.08. The lowest BCUT2D eigenvalue weighted by Crippen LogP contribution is -2.15. The maximum atomic E-state index is 13.6. The van der Waals surface area contributed by atoms with Gasteiger partial charge in [0.2, 0.25) is 0 Å². The summed E-state index contributed by atoms with van der Waals surface area (Å²) in [5.41, 5.74) is 2.15. The van der Waals surface area contributed by atoms with Crippen molar-refractivity contribution in [2.24, 2.45) is 0 Å². The van der Waals surface area contributed by atoms with Crippen LogP contribution in [-0.4, -0.2) is 27.4 Å². The standard InChI is InChI=1S/C22H18FN5O/c23-17-8-2-1-5-15(17)10-12-24-20-14-26-19(13-27-20)22(29)28-18-9-3-6-16-7-4-11-25-21(16)18/h1-9,11,13-14H,10,12H2,(H,24,27)(H,28,29). The van der Waals surface area contributed by atoms with Crippen LogP contribution in [0, 0.1) is 5.82 Å². The molecule has 6 nitrogen and oxygen atoms in total. The Hall–Kier alpha value is -3.87. The molecule has 0 fully saturated rings. The molecule has 1 amide bonds. The van der Waals surface area contributed by atoms with Gasteiger partial charge in [-0.15, -0.1) is 0 Å². The lowest BCUT2D eigenvalue weighted by Gasteiger charge is -2.09. The normalized spacial score (nSPS) is 10.7. The molecule has 2 aromatic heterocycles. The fraction of sp³-hybridized carbons (Fsp3) is 0.0909. The fourth-order valence-corrected chi connectivity index (χ4v) is 2.95. The Labute approximate surface area is 166 Å². The van der Waals surface area contributed by atoms with Gasteiger partial charge in [0.1, 0.15) is 17.3 Å². The molecule has 0 unspecified atom stereocenters. The van der Waals surface area contributed by atoms with Gasteiger partial charge in [-0.3, -0.25) is 9.78 Å². The molecule has 0 bridgehead atoms. The van der Waals surface area contributed by atoms with Crippen LogP contribution in [0.2, 0.25) is 0 Å². The van der Waals surface area contributed by atoms with Crippen LogP contribution < -0.4 is 10.6 Å². The van der Waals surface area contributed by atoms with Crippen molar-refractivity contribution in [3.63, 3.8) is 0 Å². The van der Waals surface area contributed by atoms with Crippen molar-refractivity contribution in [2.45, 2.75) is 6.42 Å². The molecule has 2 N–H and O–H groups in total. The molecule has 0 radical (unpaired) electrons. The summed E-state index contributed by atoms with van der Waals surface area (Å²) < 4.78 is 13.6. The number of hydrogen-bond acceptors (Lipinski definition) is 5. The van der Waals surface area contributed by atoms with Crippen molar-refractivity contribution in [1.29, 1.82) is 0 Å². The Kier molecular flexibility index (Phi) is 5.38. The average Bonchev–Trinajstić information content (AvgIpc) is 2.76. The van der Waals surface area contributed by atoms with Crippen molar-refractivity contribution in [1.82, 2.24) is 15.0 Å². The van der Waals surface area contributed by atoms with E-state index in [9.17, 15) is 9.18 Å². The summed E-state index contributed by atoms with van der Waals surface area (Å²) in [6.45, 7) is 0.503. The van der Waals surface area contributed by atoms with Gasteiger partial charge in [0.15, 0.2) is 0 Å². The second-order valence-electron chi connectivity index (χ2n) is 6.39. The van der Waals surface area contributed by atoms with Crippen LogP contribution in [0.4, 0.5) is 15.9 Å². The number of para-hydroxylation sites is 1. The van der Waals surface area contributed by atoms with E-state index in [1.165, 1.54) is 18.5 Å². The van der Waals surface area contributed by atoms with Crippen molar-refractivity contribution in [3.8, 4) is 0 Å². The number of fused-ring (bicyclic) bond motifs is 1. The maximum Gasteiger partial charge on any atom is 0.275 e. The molecule has 2 aromatic carbocycles. The van der Waals surface area contributed by atoms with Crippen LogP contribution in [0.3, 0.4) is 0 Å². The van der Waals surface area contributed by atoms with Gasteiger partial charge in [-0.2, -0.15) is 0 Å². The molecule has 144 valence electrons. The number of aromatic nitrogens is 3. The number of benzene rings is 2. The quantitative estimate of drug-likeness (QED) is 0.521. The van der Waals surface area contributed by atoms with E-state index >= 15 is 0 Å². The number of amides is 1. The predicted octanol–water partition coefficient (Wildman–Crippen LogP) is 4.07. The van der Waals surface area contributed by atoms with Gasteiger partial charge in [-0.05, 0) is 30.2 Å². The summed E-state index contributed by atoms with van der Waals surface area (Å²) in [5, 5.41) is 6.84. The Bertz CT molecular complexity index is 1140. The molecule has 0 aliphatic heterocycles. The monoisotopic (exact) mass is 387 g/mol. The predicted molar refractivity (Wildman–Crippen MR) is 110 cm³/mol. The van der Waals surface area contributed by atoms with E-state index < -0.39 is 0 Å². The van der Waals surface area contributed by atoms with Crippen LogP contribution >= 0.6 is 0 Å². The molecular weight excluding hydrogens is 369 g/mol. The molecule has 0 aliphatic carbocycles. The zero-order valence-electron chi connectivity index (χ0n) is 15.5. The molecule has 4 rings (SSSR count). The first-order chi connectivity index (χ1) is 14.2. The largest absolute Gasteiger partial charge is 0.368 e. The van der Waals surface area contributed by atoms with Crippen LogP contribution in [-0.2, 0) is 6.42 Å². The summed E-state index contributed by atoms with van der Waals surface area (Å²) in [4.78, 5) is 25.2. The number of rotatable bonds is 6. The number of hydrogen-bond donors (Lipinski definition) is 2. The zero-order chi connectivity index (χ0) is 20.1. The Morgan fingerprint density at radius 1 is 0.931 bits per heavy atom. The van der Waals surface area contributed by atoms with Crippen LogP contribution in [0.25, 0.3) is 10.9 Å². The topological polar surface area (TPSA) is 79.8 Å². The molecule has 0 spiro atoms. The van der Waals surface area contributed by atoms with E-state index in [2.05, 4.69) is 25.6 Å². The van der Waals surface area contributed by atoms with Crippen molar-refractivity contribution in [2.75, 3.05) is 17.2 Å². The van der Waals surface area contributed by atoms with E-state index in [1.54, 1.807) is 30.5 Å². The minimum Gasteiger partial charge on any atom is -0.368 e. The second-order valence-corrected chi connectivity index (χ2v) is 6.39. The maximum absolute atomic E-state index is 13.6. The number of pyridine rings is 1. The van der Waals surface area contributed by atoms with Gasteiger partial charge in [0.05, 0.1) is 23.6 Å². The SMILES string of the molecule is O=C(Nc1cccc2cccnc12)c1cnc(NCCc2ccccc2F)cn1. The van der Waals surface area contributed by atoms with Crippen LogP contribution in [0.1, 0.15) is 16.1 Å². The highest BCUT2D eigenvalue weighted by atomic mass is 19.1. The molecule has 0 atom stereocenters. The summed E-state index contributed by atoms with van der Waals surface area (Å²) in [6, 6.07) is 16.0. The third-order valence-electron chi connectivity index (χ3n) is 4.42. The highest BCUT2D eigenvalue weighted by Crippen LogP contribution is 2.21. The Morgan fingerprint density at radius 2 is 1.79 bits per heavy atom. The first kappa shape index (κ1) is 18.5. The number of carbonyl (C=O) groups is 1. The number of carbonyl (C=O) groups excluding carboxylic acids is 1. The van der Waals surface area contributed by atoms with Gasteiger partial charge in [-0.25, -0.2) is 14.4 Å². The number of halogens is 1. The average molecular weight is 387 g/mol. The van der Waals surface area contributed by atoms with Crippen LogP contribution in [0.5, 0.6) is 0 Å². The van der Waals surface area contributed by atoms with E-state index in [1.807, 2.05) is 24.3 Å². The third-order valence-corrected chi connectivity index (χ3v) is 4.42. The molecule has 7 heteroatoms. The van der Waals surface area contributed by atoms with Crippen molar-refractivity contribution < 1.29 is 9.18 Å². The van der Waals surface area contributed by atoms with Gasteiger partial charge in [-0.1, -0.05) is 36.4 Å². The smallest absolute Gasteiger partial charge is 0.275 e. The molecule has 29 heavy (non-hydrogen) atoms. The minimum atomic E-state index is -0.367. The minimum absolute atomic E-state index is 0.192. The van der Waals surface area contributed by atoms with Crippen molar-refractivity contribution >= 4 is 28.3 Å². The van der Waals surface area contributed by atoms with Gasteiger partial charge >= 0.3 is 0 Å². The summed E-state index contributed by atoms with van der Waals surface area (Å²) in [5.74, 6) is -0.0754. The summed E-state index contributed by atoms with van der Waals surface area (Å²) >= 11 is 0. The lowest BCUT2D eigenvalue weighted by molar-refractivity contribution is 0.102. The Morgan fingerprint density at radius 3 is 2.62 bits per heavy atom. The molecule has 0 saturated heterocycles. The summed E-state index contributed by atoms with van der Waals surface area (Å²) in [7, 11) is 0. The van der Waals surface area contributed by atoms with Gasteiger partial charge < -0.3 is 10.6 Å². The molecular formula is C22H18FN5O. The van der Waals surface area contributed by atoms with Crippen LogP contribution in [0.15, 0.2) is 73.2 Å².